The summed E-state index contributed by atoms with van der Waals surface area (Å²) in [5, 5.41) is 0. The smallest absolute Gasteiger partial charge is 0.264 e. The SMILES string of the molecule is C=CCc1ccccc1.CCCCCS(=O)(=O)O. The molecule has 0 saturated heterocycles. The highest BCUT2D eigenvalue weighted by molar-refractivity contribution is 7.85. The number of unbranched alkanes of at least 4 members (excludes halogenated alkanes) is 2. The van der Waals surface area contributed by atoms with Crippen molar-refractivity contribution in [2.24, 2.45) is 0 Å². The lowest BCUT2D eigenvalue weighted by Crippen LogP contribution is -2.02. The lowest BCUT2D eigenvalue weighted by Gasteiger charge is -1.92. The van der Waals surface area contributed by atoms with Gasteiger partial charge in [0.1, 0.15) is 0 Å². The Morgan fingerprint density at radius 3 is 2.28 bits per heavy atom. The Hall–Kier alpha value is -1.13. The molecule has 18 heavy (non-hydrogen) atoms. The van der Waals surface area contributed by atoms with Crippen molar-refractivity contribution in [1.29, 1.82) is 0 Å². The third-order valence-electron chi connectivity index (χ3n) is 2.23. The van der Waals surface area contributed by atoms with Gasteiger partial charge in [0.25, 0.3) is 10.1 Å². The fourth-order valence-electron chi connectivity index (χ4n) is 1.32. The zero-order chi connectivity index (χ0) is 13.9. The monoisotopic (exact) mass is 270 g/mol. The van der Waals surface area contributed by atoms with E-state index >= 15 is 0 Å². The van der Waals surface area contributed by atoms with Crippen molar-refractivity contribution in [2.75, 3.05) is 5.75 Å². The number of benzene rings is 1. The van der Waals surface area contributed by atoms with Gasteiger partial charge in [-0.2, -0.15) is 8.42 Å². The number of allylic oxidation sites excluding steroid dienone is 1. The van der Waals surface area contributed by atoms with Crippen LogP contribution in [0.4, 0.5) is 0 Å². The van der Waals surface area contributed by atoms with E-state index in [-0.39, 0.29) is 5.75 Å². The van der Waals surface area contributed by atoms with Crippen molar-refractivity contribution >= 4 is 10.1 Å². The predicted octanol–water partition coefficient (Wildman–Crippen LogP) is 3.48. The van der Waals surface area contributed by atoms with Crippen LogP contribution in [0.3, 0.4) is 0 Å². The first-order valence-electron chi connectivity index (χ1n) is 6.09. The molecule has 0 heterocycles. The van der Waals surface area contributed by atoms with Crippen molar-refractivity contribution < 1.29 is 13.0 Å². The second-order valence-corrected chi connectivity index (χ2v) is 5.54. The maximum absolute atomic E-state index is 10.1. The lowest BCUT2D eigenvalue weighted by molar-refractivity contribution is 0.480. The van der Waals surface area contributed by atoms with Crippen LogP contribution in [0.5, 0.6) is 0 Å². The average Bonchev–Trinajstić information content (AvgIpc) is 2.30. The summed E-state index contributed by atoms with van der Waals surface area (Å²) in [4.78, 5) is 0. The van der Waals surface area contributed by atoms with Crippen molar-refractivity contribution in [3.63, 3.8) is 0 Å². The second-order valence-electron chi connectivity index (χ2n) is 3.97. The highest BCUT2D eigenvalue weighted by Gasteiger charge is 2.01. The molecule has 0 aromatic heterocycles. The quantitative estimate of drug-likeness (QED) is 0.489. The molecule has 0 unspecified atom stereocenters. The number of hydrogen-bond acceptors (Lipinski definition) is 2. The van der Waals surface area contributed by atoms with Crippen LogP contribution in [0.2, 0.25) is 0 Å². The van der Waals surface area contributed by atoms with Crippen LogP contribution in [0.25, 0.3) is 0 Å². The Morgan fingerprint density at radius 2 is 1.83 bits per heavy atom. The van der Waals surface area contributed by atoms with Gasteiger partial charge in [-0.3, -0.25) is 4.55 Å². The molecule has 0 aliphatic carbocycles. The first kappa shape index (κ1) is 16.9. The maximum atomic E-state index is 10.1. The van der Waals surface area contributed by atoms with Gasteiger partial charge in [-0.15, -0.1) is 6.58 Å². The van der Waals surface area contributed by atoms with E-state index in [0.717, 1.165) is 19.3 Å². The summed E-state index contributed by atoms with van der Waals surface area (Å²) in [5.74, 6) is -0.0964. The van der Waals surface area contributed by atoms with Crippen molar-refractivity contribution in [1.82, 2.24) is 0 Å². The normalized spacial score (nSPS) is 10.3. The minimum absolute atomic E-state index is 0.0964. The third kappa shape index (κ3) is 11.4. The summed E-state index contributed by atoms with van der Waals surface area (Å²) < 4.78 is 28.3. The van der Waals surface area contributed by atoms with E-state index < -0.39 is 10.1 Å². The average molecular weight is 270 g/mol. The van der Waals surface area contributed by atoms with Crippen LogP contribution >= 0.6 is 0 Å². The van der Waals surface area contributed by atoms with E-state index in [0.29, 0.717) is 6.42 Å². The van der Waals surface area contributed by atoms with Crippen LogP contribution in [-0.2, 0) is 16.5 Å². The summed E-state index contributed by atoms with van der Waals surface area (Å²) in [6.45, 7) is 5.63. The summed E-state index contributed by atoms with van der Waals surface area (Å²) in [5.41, 5.74) is 1.33. The van der Waals surface area contributed by atoms with Gasteiger partial charge in [0.2, 0.25) is 0 Å². The molecule has 4 heteroatoms. The fourth-order valence-corrected chi connectivity index (χ4v) is 1.88. The molecule has 0 atom stereocenters. The molecule has 1 aromatic rings. The first-order chi connectivity index (χ1) is 8.49. The Kier molecular flexibility index (Phi) is 9.24. The van der Waals surface area contributed by atoms with Gasteiger partial charge in [-0.25, -0.2) is 0 Å². The van der Waals surface area contributed by atoms with E-state index in [4.69, 9.17) is 4.55 Å². The summed E-state index contributed by atoms with van der Waals surface area (Å²) in [6.07, 6.45) is 5.28. The van der Waals surface area contributed by atoms with Crippen LogP contribution in [-0.4, -0.2) is 18.7 Å². The molecule has 0 bridgehead atoms. The Morgan fingerprint density at radius 1 is 1.22 bits per heavy atom. The molecule has 1 aromatic carbocycles. The Balaban J connectivity index is 0.000000321. The van der Waals surface area contributed by atoms with Gasteiger partial charge < -0.3 is 0 Å². The first-order valence-corrected chi connectivity index (χ1v) is 7.70. The van der Waals surface area contributed by atoms with Gasteiger partial charge in [0.15, 0.2) is 0 Å². The molecular weight excluding hydrogens is 248 g/mol. The minimum atomic E-state index is -3.70. The second kappa shape index (κ2) is 9.85. The molecule has 0 aliphatic rings. The number of hydrogen-bond donors (Lipinski definition) is 1. The topological polar surface area (TPSA) is 54.4 Å². The summed E-state index contributed by atoms with van der Waals surface area (Å²) >= 11 is 0. The van der Waals surface area contributed by atoms with Crippen molar-refractivity contribution in [2.45, 2.75) is 32.6 Å². The van der Waals surface area contributed by atoms with E-state index in [1.54, 1.807) is 0 Å². The van der Waals surface area contributed by atoms with Crippen molar-refractivity contribution in [3.05, 3.63) is 48.6 Å². The highest BCUT2D eigenvalue weighted by atomic mass is 32.2. The molecule has 102 valence electrons. The molecule has 1 N–H and O–H groups in total. The number of rotatable bonds is 6. The zero-order valence-electron chi connectivity index (χ0n) is 10.9. The minimum Gasteiger partial charge on any atom is -0.286 e. The highest BCUT2D eigenvalue weighted by Crippen LogP contribution is 1.98. The van der Waals surface area contributed by atoms with Crippen LogP contribution < -0.4 is 0 Å². The van der Waals surface area contributed by atoms with E-state index in [9.17, 15) is 8.42 Å². The zero-order valence-corrected chi connectivity index (χ0v) is 11.7. The summed E-state index contributed by atoms with van der Waals surface area (Å²) in [7, 11) is -3.70. The standard InChI is InChI=1S/C9H10.C5H12O3S/c1-2-6-9-7-4-3-5-8-9;1-2-3-4-5-9(6,7)8/h2-5,7-8H,1,6H2;2-5H2,1H3,(H,6,7,8). The summed E-state index contributed by atoms with van der Waals surface area (Å²) in [6, 6.07) is 10.3. The van der Waals surface area contributed by atoms with Crippen molar-refractivity contribution in [3.8, 4) is 0 Å². The molecular formula is C14H22O3S. The van der Waals surface area contributed by atoms with E-state index in [1.807, 2.05) is 31.2 Å². The Bertz CT molecular complexity index is 410. The molecule has 0 spiro atoms. The van der Waals surface area contributed by atoms with Gasteiger partial charge in [0, 0.05) is 0 Å². The van der Waals surface area contributed by atoms with Crippen LogP contribution in [0.1, 0.15) is 31.7 Å². The predicted molar refractivity (Wildman–Crippen MR) is 76.3 cm³/mol. The van der Waals surface area contributed by atoms with Gasteiger partial charge in [-0.05, 0) is 18.4 Å². The Labute approximate surface area is 110 Å². The molecule has 3 nitrogen and oxygen atoms in total. The lowest BCUT2D eigenvalue weighted by atomic mass is 10.2. The molecule has 1 rings (SSSR count). The van der Waals surface area contributed by atoms with Crippen LogP contribution in [0.15, 0.2) is 43.0 Å². The fraction of sp³-hybridized carbons (Fsp3) is 0.429. The third-order valence-corrected chi connectivity index (χ3v) is 3.03. The van der Waals surface area contributed by atoms with Gasteiger partial charge in [-0.1, -0.05) is 56.2 Å². The molecule has 0 radical (unpaired) electrons. The van der Waals surface area contributed by atoms with E-state index in [1.165, 1.54) is 5.56 Å². The van der Waals surface area contributed by atoms with E-state index in [2.05, 4.69) is 18.7 Å². The largest absolute Gasteiger partial charge is 0.286 e. The maximum Gasteiger partial charge on any atom is 0.264 e. The molecule has 0 fully saturated rings. The molecule has 0 aliphatic heterocycles. The molecule has 0 amide bonds. The van der Waals surface area contributed by atoms with Gasteiger partial charge >= 0.3 is 0 Å². The van der Waals surface area contributed by atoms with Gasteiger partial charge in [0.05, 0.1) is 5.75 Å². The molecule has 0 saturated carbocycles. The van der Waals surface area contributed by atoms with Crippen LogP contribution in [0, 0.1) is 0 Å².